The Balaban J connectivity index is 1.79. The second-order valence-corrected chi connectivity index (χ2v) is 7.36. The van der Waals surface area contributed by atoms with Crippen LogP contribution in [0, 0.1) is 0 Å². The molecule has 8 heteroatoms. The first-order valence-corrected chi connectivity index (χ1v) is 8.58. The fourth-order valence-electron chi connectivity index (χ4n) is 1.72. The van der Waals surface area contributed by atoms with E-state index in [9.17, 15) is 13.2 Å². The lowest BCUT2D eigenvalue weighted by Crippen LogP contribution is -2.27. The monoisotopic (exact) mass is 325 g/mol. The molecule has 0 saturated heterocycles. The third-order valence-corrected chi connectivity index (χ3v) is 5.28. The van der Waals surface area contributed by atoms with Crippen LogP contribution in [0.1, 0.15) is 10.4 Å². The van der Waals surface area contributed by atoms with Crippen LogP contribution >= 0.6 is 11.3 Å². The van der Waals surface area contributed by atoms with Crippen LogP contribution < -0.4 is 10.5 Å². The topological polar surface area (TPSA) is 102 Å². The van der Waals surface area contributed by atoms with Crippen molar-refractivity contribution in [1.82, 2.24) is 10.3 Å². The number of thiophene rings is 1. The number of nitrogens with two attached hydrogens (primary N) is 1. The summed E-state index contributed by atoms with van der Waals surface area (Å²) in [5, 5.41) is 7.83. The minimum absolute atomic E-state index is 0.0915. The number of hydrogen-bond acceptors (Lipinski definition) is 5. The van der Waals surface area contributed by atoms with Gasteiger partial charge < -0.3 is 5.32 Å². The Morgan fingerprint density at radius 1 is 1.33 bits per heavy atom. The molecule has 112 valence electrons. The van der Waals surface area contributed by atoms with Crippen molar-refractivity contribution in [2.24, 2.45) is 5.14 Å². The predicted molar refractivity (Wildman–Crippen MR) is 80.3 cm³/mol. The molecule has 2 aromatic rings. The molecule has 1 amide bonds. The summed E-state index contributed by atoms with van der Waals surface area (Å²) >= 11 is 1.12. The van der Waals surface area contributed by atoms with Gasteiger partial charge in [0.05, 0.1) is 6.42 Å². The van der Waals surface area contributed by atoms with Crippen molar-refractivity contribution in [3.63, 3.8) is 0 Å². The second kappa shape index (κ2) is 6.79. The van der Waals surface area contributed by atoms with Crippen molar-refractivity contribution in [2.75, 3.05) is 6.54 Å². The number of nitrogens with zero attached hydrogens (tertiary/aromatic N) is 1. The molecule has 0 radical (unpaired) electrons. The second-order valence-electron chi connectivity index (χ2n) is 4.40. The summed E-state index contributed by atoms with van der Waals surface area (Å²) in [4.78, 5) is 16.5. The Hall–Kier alpha value is -1.77. The number of nitrogens with one attached hydrogen (secondary N) is 1. The molecule has 0 atom stereocenters. The highest BCUT2D eigenvalue weighted by Crippen LogP contribution is 2.20. The quantitative estimate of drug-likeness (QED) is 0.815. The maximum absolute atomic E-state index is 11.7. The van der Waals surface area contributed by atoms with Gasteiger partial charge in [-0.2, -0.15) is 0 Å². The Kier molecular flexibility index (Phi) is 5.05. The van der Waals surface area contributed by atoms with E-state index in [4.69, 9.17) is 5.14 Å². The molecular weight excluding hydrogens is 310 g/mol. The summed E-state index contributed by atoms with van der Waals surface area (Å²) in [7, 11) is -3.64. The zero-order valence-corrected chi connectivity index (χ0v) is 12.8. The van der Waals surface area contributed by atoms with Gasteiger partial charge in [0.2, 0.25) is 15.9 Å². The van der Waals surface area contributed by atoms with Crippen LogP contribution in [0.3, 0.4) is 0 Å². The lowest BCUT2D eigenvalue weighted by atomic mass is 10.2. The van der Waals surface area contributed by atoms with E-state index in [1.807, 2.05) is 6.07 Å². The zero-order valence-electron chi connectivity index (χ0n) is 11.2. The van der Waals surface area contributed by atoms with Gasteiger partial charge in [-0.3, -0.25) is 9.78 Å². The number of hydrogen-bond donors (Lipinski definition) is 2. The number of amides is 1. The molecule has 0 saturated carbocycles. The van der Waals surface area contributed by atoms with Crippen LogP contribution in [0.25, 0.3) is 0 Å². The Morgan fingerprint density at radius 2 is 2.14 bits per heavy atom. The van der Waals surface area contributed by atoms with Gasteiger partial charge in [0.15, 0.2) is 0 Å². The number of sulfonamides is 1. The molecule has 0 spiro atoms. The maximum Gasteiger partial charge on any atom is 0.247 e. The van der Waals surface area contributed by atoms with Crippen LogP contribution in [0.5, 0.6) is 0 Å². The van der Waals surface area contributed by atoms with Crippen molar-refractivity contribution in [1.29, 1.82) is 0 Å². The van der Waals surface area contributed by atoms with E-state index >= 15 is 0 Å². The van der Waals surface area contributed by atoms with Crippen LogP contribution in [0.4, 0.5) is 0 Å². The minimum Gasteiger partial charge on any atom is -0.355 e. The SMILES string of the molecule is NS(=O)(=O)c1ccc(CCNC(=O)Cc2cccnc2)s1. The molecule has 0 aliphatic heterocycles. The number of rotatable bonds is 6. The summed E-state index contributed by atoms with van der Waals surface area (Å²) in [6.45, 7) is 0.448. The highest BCUT2D eigenvalue weighted by molar-refractivity contribution is 7.91. The molecule has 2 heterocycles. The summed E-state index contributed by atoms with van der Waals surface area (Å²) in [6, 6.07) is 6.80. The first-order valence-electron chi connectivity index (χ1n) is 6.22. The number of aromatic nitrogens is 1. The maximum atomic E-state index is 11.7. The van der Waals surface area contributed by atoms with Crippen LogP contribution in [0.15, 0.2) is 40.9 Å². The fourth-order valence-corrected chi connectivity index (χ4v) is 3.50. The molecule has 2 aromatic heterocycles. The van der Waals surface area contributed by atoms with E-state index in [1.165, 1.54) is 6.07 Å². The van der Waals surface area contributed by atoms with Gasteiger partial charge >= 0.3 is 0 Å². The van der Waals surface area contributed by atoms with E-state index in [-0.39, 0.29) is 16.5 Å². The predicted octanol–water partition coefficient (Wildman–Crippen LogP) is 0.692. The number of carbonyl (C=O) groups is 1. The molecule has 0 aliphatic rings. The van der Waals surface area contributed by atoms with Gasteiger partial charge in [-0.15, -0.1) is 11.3 Å². The molecular formula is C13H15N3O3S2. The molecule has 21 heavy (non-hydrogen) atoms. The normalized spacial score (nSPS) is 11.3. The fraction of sp³-hybridized carbons (Fsp3) is 0.231. The van der Waals surface area contributed by atoms with Crippen LogP contribution in [-0.4, -0.2) is 25.9 Å². The Labute approximate surface area is 127 Å². The van der Waals surface area contributed by atoms with Crippen LogP contribution in [-0.2, 0) is 27.7 Å². The van der Waals surface area contributed by atoms with E-state index < -0.39 is 10.0 Å². The van der Waals surface area contributed by atoms with Gasteiger partial charge in [0, 0.05) is 23.8 Å². The van der Waals surface area contributed by atoms with Crippen LogP contribution in [0.2, 0.25) is 0 Å². The van der Waals surface area contributed by atoms with Gasteiger partial charge in [0.25, 0.3) is 0 Å². The largest absolute Gasteiger partial charge is 0.355 e. The van der Waals surface area contributed by atoms with Gasteiger partial charge in [-0.05, 0) is 30.2 Å². The molecule has 3 N–H and O–H groups in total. The summed E-state index contributed by atoms with van der Waals surface area (Å²) < 4.78 is 22.4. The van der Waals surface area contributed by atoms with E-state index in [0.717, 1.165) is 21.8 Å². The van der Waals surface area contributed by atoms with Crippen molar-refractivity contribution in [2.45, 2.75) is 17.1 Å². The molecule has 0 aliphatic carbocycles. The van der Waals surface area contributed by atoms with Crippen molar-refractivity contribution >= 4 is 27.3 Å². The zero-order chi connectivity index (χ0) is 15.3. The summed E-state index contributed by atoms with van der Waals surface area (Å²) in [5.41, 5.74) is 0.850. The third kappa shape index (κ3) is 4.92. The average molecular weight is 325 g/mol. The van der Waals surface area contributed by atoms with Crippen molar-refractivity contribution in [3.05, 3.63) is 47.1 Å². The number of pyridine rings is 1. The first-order chi connectivity index (χ1) is 9.95. The summed E-state index contributed by atoms with van der Waals surface area (Å²) in [5.74, 6) is -0.0915. The highest BCUT2D eigenvalue weighted by atomic mass is 32.2. The van der Waals surface area contributed by atoms with Gasteiger partial charge in [0.1, 0.15) is 4.21 Å². The van der Waals surface area contributed by atoms with Gasteiger partial charge in [-0.25, -0.2) is 13.6 Å². The summed E-state index contributed by atoms with van der Waals surface area (Å²) in [6.07, 6.45) is 4.15. The Bertz CT molecular complexity index is 711. The molecule has 2 rings (SSSR count). The van der Waals surface area contributed by atoms with E-state index in [0.29, 0.717) is 13.0 Å². The third-order valence-electron chi connectivity index (χ3n) is 2.70. The average Bonchev–Trinajstić information content (AvgIpc) is 2.88. The molecule has 0 unspecified atom stereocenters. The molecule has 0 bridgehead atoms. The van der Waals surface area contributed by atoms with E-state index in [1.54, 1.807) is 24.5 Å². The smallest absolute Gasteiger partial charge is 0.247 e. The molecule has 0 fully saturated rings. The molecule has 0 aromatic carbocycles. The van der Waals surface area contributed by atoms with Crippen molar-refractivity contribution < 1.29 is 13.2 Å². The van der Waals surface area contributed by atoms with Crippen molar-refractivity contribution in [3.8, 4) is 0 Å². The Morgan fingerprint density at radius 3 is 2.76 bits per heavy atom. The van der Waals surface area contributed by atoms with E-state index in [2.05, 4.69) is 10.3 Å². The van der Waals surface area contributed by atoms with Gasteiger partial charge in [-0.1, -0.05) is 6.07 Å². The lowest BCUT2D eigenvalue weighted by molar-refractivity contribution is -0.120. The minimum atomic E-state index is -3.64. The number of primary sulfonamides is 1. The number of carbonyl (C=O) groups excluding carboxylic acids is 1. The lowest BCUT2D eigenvalue weighted by Gasteiger charge is -2.04. The molecule has 6 nitrogen and oxygen atoms in total. The highest BCUT2D eigenvalue weighted by Gasteiger charge is 2.11. The first kappa shape index (κ1) is 15.6. The standard InChI is InChI=1S/C13H15N3O3S2/c14-21(18,19)13-4-3-11(20-13)5-7-16-12(17)8-10-2-1-6-15-9-10/h1-4,6,9H,5,7-8H2,(H,16,17)(H2,14,18,19).